The normalized spacial score (nSPS) is 12.2. The fraction of sp³-hybridized carbons (Fsp3) is 0.222. The molecule has 132 valence electrons. The lowest BCUT2D eigenvalue weighted by Crippen LogP contribution is -2.33. The summed E-state index contributed by atoms with van der Waals surface area (Å²) in [6.45, 7) is 5.40. The predicted octanol–water partition coefficient (Wildman–Crippen LogP) is 4.34. The van der Waals surface area contributed by atoms with Gasteiger partial charge in [-0.1, -0.05) is 11.6 Å². The highest BCUT2D eigenvalue weighted by Crippen LogP contribution is 2.26. The molecule has 25 heavy (non-hydrogen) atoms. The minimum Gasteiger partial charge on any atom is -0.507 e. The number of hydrogen-bond donors (Lipinski definition) is 2. The molecule has 0 unspecified atom stereocenters. The molecule has 0 fully saturated rings. The number of amides is 1. The van der Waals surface area contributed by atoms with Crippen molar-refractivity contribution in [3.8, 4) is 11.5 Å². The van der Waals surface area contributed by atoms with E-state index >= 15 is 0 Å². The van der Waals surface area contributed by atoms with Crippen molar-refractivity contribution in [2.75, 3.05) is 0 Å². The minimum absolute atomic E-state index is 0.136. The second-order valence-electron chi connectivity index (χ2n) is 5.58. The van der Waals surface area contributed by atoms with Crippen LogP contribution < -0.4 is 10.2 Å². The van der Waals surface area contributed by atoms with Crippen LogP contribution in [0.15, 0.2) is 39.9 Å². The number of nitrogens with zero attached hydrogens (tertiary/aromatic N) is 1. The third kappa shape index (κ3) is 5.21. The molecular weight excluding hydrogens is 408 g/mol. The van der Waals surface area contributed by atoms with Crippen LogP contribution in [0.5, 0.6) is 11.5 Å². The van der Waals surface area contributed by atoms with E-state index < -0.39 is 6.10 Å². The predicted molar refractivity (Wildman–Crippen MR) is 103 cm³/mol. The first kappa shape index (κ1) is 19.3. The molecule has 0 radical (unpaired) electrons. The van der Waals surface area contributed by atoms with Gasteiger partial charge < -0.3 is 9.84 Å². The van der Waals surface area contributed by atoms with Gasteiger partial charge in [0.05, 0.1) is 10.7 Å². The number of aromatic hydroxyl groups is 1. The van der Waals surface area contributed by atoms with Crippen LogP contribution in [0.2, 0.25) is 5.02 Å². The summed E-state index contributed by atoms with van der Waals surface area (Å²) in [6, 6.07) is 8.47. The highest BCUT2D eigenvalue weighted by atomic mass is 79.9. The molecular formula is C18H18BrClN2O3. The SMILES string of the molecule is Cc1cc(O[C@@H](C)C(=O)N/N=C/c2ccc(O)c(Br)c2)cc(C)c1Cl. The molecule has 0 saturated carbocycles. The zero-order valence-corrected chi connectivity index (χ0v) is 16.4. The van der Waals surface area contributed by atoms with E-state index in [9.17, 15) is 9.90 Å². The van der Waals surface area contributed by atoms with Gasteiger partial charge in [0.1, 0.15) is 11.5 Å². The Hall–Kier alpha value is -2.05. The zero-order chi connectivity index (χ0) is 18.6. The summed E-state index contributed by atoms with van der Waals surface area (Å²) in [5, 5.41) is 14.0. The minimum atomic E-state index is -0.719. The molecule has 0 aliphatic heterocycles. The van der Waals surface area contributed by atoms with Crippen molar-refractivity contribution in [1.29, 1.82) is 0 Å². The molecule has 2 rings (SSSR count). The molecule has 7 heteroatoms. The molecule has 1 atom stereocenters. The van der Waals surface area contributed by atoms with E-state index in [4.69, 9.17) is 16.3 Å². The fourth-order valence-corrected chi connectivity index (χ4v) is 2.60. The maximum absolute atomic E-state index is 12.1. The lowest BCUT2D eigenvalue weighted by molar-refractivity contribution is -0.127. The van der Waals surface area contributed by atoms with Crippen LogP contribution >= 0.6 is 27.5 Å². The van der Waals surface area contributed by atoms with Gasteiger partial charge in [-0.15, -0.1) is 0 Å². The van der Waals surface area contributed by atoms with Crippen LogP contribution in [0, 0.1) is 13.8 Å². The van der Waals surface area contributed by atoms with E-state index in [1.54, 1.807) is 31.2 Å². The summed E-state index contributed by atoms with van der Waals surface area (Å²) in [5.41, 5.74) is 4.93. The van der Waals surface area contributed by atoms with E-state index in [1.807, 2.05) is 13.8 Å². The third-order valence-corrected chi connectivity index (χ3v) is 4.68. The van der Waals surface area contributed by atoms with Crippen LogP contribution in [-0.2, 0) is 4.79 Å². The van der Waals surface area contributed by atoms with Gasteiger partial charge in [0.15, 0.2) is 6.10 Å². The number of hydrogen-bond acceptors (Lipinski definition) is 4. The van der Waals surface area contributed by atoms with E-state index in [1.165, 1.54) is 12.3 Å². The summed E-state index contributed by atoms with van der Waals surface area (Å²) in [7, 11) is 0. The Kier molecular flexibility index (Phi) is 6.45. The van der Waals surface area contributed by atoms with Crippen molar-refractivity contribution in [2.45, 2.75) is 26.9 Å². The average Bonchev–Trinajstić information content (AvgIpc) is 2.55. The molecule has 2 aromatic carbocycles. The number of rotatable bonds is 5. The van der Waals surface area contributed by atoms with Crippen LogP contribution in [0.4, 0.5) is 0 Å². The Morgan fingerprint density at radius 1 is 1.32 bits per heavy atom. The quantitative estimate of drug-likeness (QED) is 0.553. The molecule has 0 spiro atoms. The summed E-state index contributed by atoms with van der Waals surface area (Å²) >= 11 is 9.34. The highest BCUT2D eigenvalue weighted by Gasteiger charge is 2.15. The maximum Gasteiger partial charge on any atom is 0.280 e. The average molecular weight is 426 g/mol. The molecule has 1 amide bonds. The van der Waals surface area contributed by atoms with Crippen molar-refractivity contribution in [3.05, 3.63) is 56.5 Å². The zero-order valence-electron chi connectivity index (χ0n) is 14.0. The van der Waals surface area contributed by atoms with Gasteiger partial charge in [0.2, 0.25) is 0 Å². The number of nitrogens with one attached hydrogen (secondary N) is 1. The molecule has 2 N–H and O–H groups in total. The second kappa shape index (κ2) is 8.36. The number of aryl methyl sites for hydroxylation is 2. The third-order valence-electron chi connectivity index (χ3n) is 3.45. The topological polar surface area (TPSA) is 70.9 Å². The lowest BCUT2D eigenvalue weighted by atomic mass is 10.1. The van der Waals surface area contributed by atoms with Gasteiger partial charge in [0.25, 0.3) is 5.91 Å². The van der Waals surface area contributed by atoms with Crippen LogP contribution in [0.25, 0.3) is 0 Å². The number of phenols is 1. The van der Waals surface area contributed by atoms with Crippen LogP contribution in [0.3, 0.4) is 0 Å². The Bertz CT molecular complexity index is 801. The monoisotopic (exact) mass is 424 g/mol. The smallest absolute Gasteiger partial charge is 0.280 e. The number of phenolic OH excluding ortho intramolecular Hbond substituents is 1. The fourth-order valence-electron chi connectivity index (χ4n) is 2.10. The second-order valence-corrected chi connectivity index (χ2v) is 6.81. The number of hydrazone groups is 1. The summed E-state index contributed by atoms with van der Waals surface area (Å²) < 4.78 is 6.19. The summed E-state index contributed by atoms with van der Waals surface area (Å²) in [6.07, 6.45) is 0.759. The largest absolute Gasteiger partial charge is 0.507 e. The van der Waals surface area contributed by atoms with Gasteiger partial charge in [-0.3, -0.25) is 4.79 Å². The van der Waals surface area contributed by atoms with E-state index in [-0.39, 0.29) is 11.7 Å². The Balaban J connectivity index is 1.96. The van der Waals surface area contributed by atoms with E-state index in [2.05, 4.69) is 26.5 Å². The van der Waals surface area contributed by atoms with Crippen LogP contribution in [0.1, 0.15) is 23.6 Å². The van der Waals surface area contributed by atoms with Gasteiger partial charge in [-0.25, -0.2) is 5.43 Å². The van der Waals surface area contributed by atoms with Gasteiger partial charge in [-0.05, 0) is 83.7 Å². The standard InChI is InChI=1S/C18H18BrClN2O3/c1-10-6-14(7-11(2)17(10)20)25-12(3)18(24)22-21-9-13-4-5-16(23)15(19)8-13/h4-9,12,23H,1-3H3,(H,22,24)/b21-9+/t12-/m0/s1. The number of benzene rings is 2. The Morgan fingerprint density at radius 3 is 2.56 bits per heavy atom. The first-order chi connectivity index (χ1) is 11.8. The molecule has 5 nitrogen and oxygen atoms in total. The molecule has 0 saturated heterocycles. The summed E-state index contributed by atoms with van der Waals surface area (Å²) in [4.78, 5) is 12.1. The van der Waals surface area contributed by atoms with Crippen molar-refractivity contribution in [3.63, 3.8) is 0 Å². The first-order valence-corrected chi connectivity index (χ1v) is 8.70. The summed E-state index contributed by atoms with van der Waals surface area (Å²) in [5.74, 6) is 0.338. The van der Waals surface area contributed by atoms with Gasteiger partial charge in [-0.2, -0.15) is 5.10 Å². The van der Waals surface area contributed by atoms with Crippen LogP contribution in [-0.4, -0.2) is 23.3 Å². The number of carbonyl (C=O) groups is 1. The molecule has 0 bridgehead atoms. The molecule has 0 aromatic heterocycles. The molecule has 0 heterocycles. The highest BCUT2D eigenvalue weighted by molar-refractivity contribution is 9.10. The molecule has 0 aliphatic rings. The lowest BCUT2D eigenvalue weighted by Gasteiger charge is -2.14. The van der Waals surface area contributed by atoms with E-state index in [0.717, 1.165) is 16.7 Å². The van der Waals surface area contributed by atoms with Crippen molar-refractivity contribution < 1.29 is 14.6 Å². The Morgan fingerprint density at radius 2 is 1.96 bits per heavy atom. The van der Waals surface area contributed by atoms with Crippen molar-refractivity contribution in [1.82, 2.24) is 5.43 Å². The first-order valence-electron chi connectivity index (χ1n) is 7.52. The van der Waals surface area contributed by atoms with Crippen molar-refractivity contribution in [2.24, 2.45) is 5.10 Å². The molecule has 0 aliphatic carbocycles. The van der Waals surface area contributed by atoms with Crippen molar-refractivity contribution >= 4 is 39.7 Å². The number of ether oxygens (including phenoxy) is 1. The van der Waals surface area contributed by atoms with Gasteiger partial charge in [0, 0.05) is 5.02 Å². The Labute approximate surface area is 159 Å². The van der Waals surface area contributed by atoms with E-state index in [0.29, 0.717) is 15.2 Å². The molecule has 2 aromatic rings. The maximum atomic E-state index is 12.1. The van der Waals surface area contributed by atoms with Gasteiger partial charge >= 0.3 is 0 Å². The number of halogens is 2. The number of carbonyl (C=O) groups excluding carboxylic acids is 1.